The van der Waals surface area contributed by atoms with Crippen LogP contribution in [0.25, 0.3) is 32.9 Å². The number of hydrogen-bond donors (Lipinski definition) is 3. The molecule has 0 aliphatic carbocycles. The van der Waals surface area contributed by atoms with Crippen LogP contribution in [-0.4, -0.2) is 29.3 Å². The van der Waals surface area contributed by atoms with Gasteiger partial charge in [0.15, 0.2) is 0 Å². The molecule has 3 aromatic carbocycles. The first kappa shape index (κ1) is 20.4. The smallest absolute Gasteiger partial charge is 0.411 e. The molecule has 0 fully saturated rings. The van der Waals surface area contributed by atoms with Gasteiger partial charge in [-0.05, 0) is 41.8 Å². The van der Waals surface area contributed by atoms with E-state index in [1.54, 1.807) is 12.1 Å². The van der Waals surface area contributed by atoms with E-state index in [9.17, 15) is 9.59 Å². The third kappa shape index (κ3) is 4.43. The zero-order valence-electron chi connectivity index (χ0n) is 17.6. The lowest BCUT2D eigenvalue weighted by Gasteiger charge is -2.09. The maximum absolute atomic E-state index is 12.8. The van der Waals surface area contributed by atoms with Gasteiger partial charge in [-0.25, -0.2) is 4.79 Å². The van der Waals surface area contributed by atoms with Crippen molar-refractivity contribution in [2.24, 2.45) is 0 Å². The number of nitrogens with one attached hydrogen (secondary N) is 3. The van der Waals surface area contributed by atoms with Gasteiger partial charge in [0.2, 0.25) is 0 Å². The predicted octanol–water partition coefficient (Wildman–Crippen LogP) is 5.30. The van der Waals surface area contributed by atoms with Gasteiger partial charge in [-0.1, -0.05) is 42.5 Å². The van der Waals surface area contributed by atoms with Crippen LogP contribution in [0, 0.1) is 0 Å². The van der Waals surface area contributed by atoms with Crippen molar-refractivity contribution in [3.05, 3.63) is 95.4 Å². The van der Waals surface area contributed by atoms with E-state index in [2.05, 4.69) is 15.3 Å². The highest BCUT2D eigenvalue weighted by molar-refractivity contribution is 5.98. The van der Waals surface area contributed by atoms with E-state index in [1.807, 2.05) is 72.9 Å². The molecule has 0 radical (unpaired) electrons. The van der Waals surface area contributed by atoms with E-state index in [-0.39, 0.29) is 18.8 Å². The number of ether oxygens (including phenoxy) is 2. The molecule has 1 amide bonds. The summed E-state index contributed by atoms with van der Waals surface area (Å²) in [6, 6.07) is 24.3. The van der Waals surface area contributed by atoms with Crippen molar-refractivity contribution < 1.29 is 14.3 Å². The lowest BCUT2D eigenvalue weighted by atomic mass is 10.0. The third-order valence-corrected chi connectivity index (χ3v) is 5.30. The van der Waals surface area contributed by atoms with Crippen LogP contribution in [0.15, 0.2) is 89.9 Å². The second-order valence-corrected chi connectivity index (χ2v) is 7.48. The van der Waals surface area contributed by atoms with Crippen LogP contribution >= 0.6 is 0 Å². The van der Waals surface area contributed by atoms with Crippen molar-refractivity contribution in [2.45, 2.75) is 0 Å². The minimum atomic E-state index is -0.594. The number of para-hydroxylation sites is 2. The van der Waals surface area contributed by atoms with Crippen molar-refractivity contribution in [3.63, 3.8) is 0 Å². The van der Waals surface area contributed by atoms with Crippen molar-refractivity contribution in [1.29, 1.82) is 0 Å². The lowest BCUT2D eigenvalue weighted by Crippen LogP contribution is -2.17. The molecule has 33 heavy (non-hydrogen) atoms. The fourth-order valence-electron chi connectivity index (χ4n) is 3.74. The normalized spacial score (nSPS) is 10.9. The van der Waals surface area contributed by atoms with Gasteiger partial charge >= 0.3 is 6.09 Å². The fraction of sp³-hybridized carbons (Fsp3) is 0.0769. The van der Waals surface area contributed by atoms with E-state index in [1.165, 1.54) is 0 Å². The Balaban J connectivity index is 1.27. The first-order valence-electron chi connectivity index (χ1n) is 10.5. The molecule has 7 nitrogen and oxygen atoms in total. The summed E-state index contributed by atoms with van der Waals surface area (Å²) in [5.74, 6) is 0.715. The van der Waals surface area contributed by atoms with Crippen LogP contribution in [0.3, 0.4) is 0 Å². The number of aromatic amines is 2. The largest absolute Gasteiger partial charge is 0.490 e. The first-order chi connectivity index (χ1) is 16.2. The molecule has 0 atom stereocenters. The average molecular weight is 439 g/mol. The van der Waals surface area contributed by atoms with Gasteiger partial charge in [0.1, 0.15) is 19.0 Å². The Hall–Kier alpha value is -4.52. The quantitative estimate of drug-likeness (QED) is 0.313. The number of pyridine rings is 1. The summed E-state index contributed by atoms with van der Waals surface area (Å²) in [4.78, 5) is 31.0. The predicted molar refractivity (Wildman–Crippen MR) is 129 cm³/mol. The van der Waals surface area contributed by atoms with Crippen LogP contribution in [0.5, 0.6) is 5.75 Å². The molecular formula is C26H21N3O4. The van der Waals surface area contributed by atoms with Crippen molar-refractivity contribution in [2.75, 3.05) is 18.5 Å². The molecule has 0 saturated carbocycles. The number of amides is 1. The van der Waals surface area contributed by atoms with Crippen molar-refractivity contribution in [1.82, 2.24) is 9.97 Å². The zero-order chi connectivity index (χ0) is 22.6. The second-order valence-electron chi connectivity index (χ2n) is 7.48. The summed E-state index contributed by atoms with van der Waals surface area (Å²) >= 11 is 0. The Morgan fingerprint density at radius 1 is 0.848 bits per heavy atom. The molecule has 0 unspecified atom stereocenters. The Kier molecular flexibility index (Phi) is 5.51. The molecule has 0 bridgehead atoms. The molecule has 0 aliphatic heterocycles. The Morgan fingerprint density at radius 3 is 2.55 bits per heavy atom. The summed E-state index contributed by atoms with van der Waals surface area (Å²) < 4.78 is 10.7. The van der Waals surface area contributed by atoms with Crippen LogP contribution in [0.4, 0.5) is 10.5 Å². The molecule has 3 N–H and O–H groups in total. The monoisotopic (exact) mass is 439 g/mol. The van der Waals surface area contributed by atoms with Gasteiger partial charge in [0, 0.05) is 33.9 Å². The van der Waals surface area contributed by atoms with Crippen LogP contribution in [0.1, 0.15) is 0 Å². The highest BCUT2D eigenvalue weighted by atomic mass is 16.6. The van der Waals surface area contributed by atoms with E-state index in [0.717, 1.165) is 21.9 Å². The Morgan fingerprint density at radius 2 is 1.67 bits per heavy atom. The van der Waals surface area contributed by atoms with Gasteiger partial charge in [-0.3, -0.25) is 10.1 Å². The first-order valence-corrected chi connectivity index (χ1v) is 10.5. The number of rotatable bonds is 6. The number of anilines is 1. The molecule has 2 aromatic heterocycles. The van der Waals surface area contributed by atoms with E-state index >= 15 is 0 Å². The number of aromatic nitrogens is 2. The van der Waals surface area contributed by atoms with Gasteiger partial charge in [0.05, 0.1) is 5.52 Å². The molecule has 0 saturated heterocycles. The number of carbonyl (C=O) groups excluding carboxylic acids is 1. The van der Waals surface area contributed by atoms with E-state index in [4.69, 9.17) is 9.47 Å². The Labute approximate surface area is 189 Å². The molecule has 0 aliphatic rings. The van der Waals surface area contributed by atoms with Crippen molar-refractivity contribution >= 4 is 33.6 Å². The fourth-order valence-corrected chi connectivity index (χ4v) is 3.74. The van der Waals surface area contributed by atoms with Gasteiger partial charge in [0.25, 0.3) is 5.56 Å². The van der Waals surface area contributed by atoms with Crippen LogP contribution in [-0.2, 0) is 4.74 Å². The highest BCUT2D eigenvalue weighted by Crippen LogP contribution is 2.28. The van der Waals surface area contributed by atoms with Crippen LogP contribution < -0.4 is 15.6 Å². The standard InChI is InChI=1S/C26H21N3O4/c30-25-21(22-16-27-23-9-5-4-8-20(22)23)14-17-10-11-18(15-24(17)29-25)28-26(31)33-13-12-32-19-6-2-1-3-7-19/h1-11,14-16,27H,12-13H2,(H,28,31)(H,29,30). The van der Waals surface area contributed by atoms with Crippen molar-refractivity contribution in [3.8, 4) is 16.9 Å². The molecule has 5 rings (SSSR count). The second kappa shape index (κ2) is 8.92. The highest BCUT2D eigenvalue weighted by Gasteiger charge is 2.11. The zero-order valence-corrected chi connectivity index (χ0v) is 17.6. The molecule has 0 spiro atoms. The summed E-state index contributed by atoms with van der Waals surface area (Å²) in [5, 5.41) is 4.51. The summed E-state index contributed by atoms with van der Waals surface area (Å²) in [6.07, 6.45) is 1.25. The summed E-state index contributed by atoms with van der Waals surface area (Å²) in [5.41, 5.74) is 3.33. The number of hydrogen-bond acceptors (Lipinski definition) is 4. The van der Waals surface area contributed by atoms with Gasteiger partial charge < -0.3 is 19.4 Å². The topological polar surface area (TPSA) is 96.2 Å². The lowest BCUT2D eigenvalue weighted by molar-refractivity contribution is 0.138. The minimum absolute atomic E-state index is 0.110. The SMILES string of the molecule is O=C(Nc1ccc2cc(-c3c[nH]c4ccccc34)c(=O)[nH]c2c1)OCCOc1ccccc1. The maximum Gasteiger partial charge on any atom is 0.411 e. The Bertz CT molecular complexity index is 1490. The van der Waals surface area contributed by atoms with Gasteiger partial charge in [-0.2, -0.15) is 0 Å². The minimum Gasteiger partial charge on any atom is -0.490 e. The third-order valence-electron chi connectivity index (χ3n) is 5.30. The molecule has 2 heterocycles. The van der Waals surface area contributed by atoms with E-state index < -0.39 is 6.09 Å². The number of H-pyrrole nitrogens is 2. The molecule has 7 heteroatoms. The molecule has 164 valence electrons. The summed E-state index contributed by atoms with van der Waals surface area (Å²) in [6.45, 7) is 0.359. The van der Waals surface area contributed by atoms with Gasteiger partial charge in [-0.15, -0.1) is 0 Å². The molecule has 5 aromatic rings. The average Bonchev–Trinajstić information content (AvgIpc) is 3.26. The van der Waals surface area contributed by atoms with E-state index in [0.29, 0.717) is 22.5 Å². The number of carbonyl (C=O) groups is 1. The number of fused-ring (bicyclic) bond motifs is 2. The summed E-state index contributed by atoms with van der Waals surface area (Å²) in [7, 11) is 0. The molecular weight excluding hydrogens is 418 g/mol. The maximum atomic E-state index is 12.8. The van der Waals surface area contributed by atoms with Crippen LogP contribution in [0.2, 0.25) is 0 Å². The number of benzene rings is 3.